The van der Waals surface area contributed by atoms with Crippen molar-refractivity contribution in [1.82, 2.24) is 14.3 Å². The first-order valence-electron chi connectivity index (χ1n) is 9.86. The number of halogens is 1. The molecule has 1 saturated heterocycles. The fraction of sp³-hybridized carbons (Fsp3) is 0.286. The van der Waals surface area contributed by atoms with E-state index < -0.39 is 4.92 Å². The van der Waals surface area contributed by atoms with Crippen molar-refractivity contribution in [3.05, 3.63) is 80.6 Å². The Balaban J connectivity index is 1.41. The fourth-order valence-electron chi connectivity index (χ4n) is 3.50. The number of benzene rings is 2. The number of hydrogen-bond acceptors (Lipinski definition) is 7. The van der Waals surface area contributed by atoms with E-state index in [4.69, 9.17) is 11.6 Å². The van der Waals surface area contributed by atoms with Gasteiger partial charge in [0.15, 0.2) is 0 Å². The van der Waals surface area contributed by atoms with Gasteiger partial charge in [-0.3, -0.25) is 14.9 Å². The third-order valence-corrected chi connectivity index (χ3v) is 6.24. The van der Waals surface area contributed by atoms with Crippen molar-refractivity contribution in [2.75, 3.05) is 31.1 Å². The van der Waals surface area contributed by atoms with Crippen LogP contribution in [0.5, 0.6) is 0 Å². The number of non-ortho nitro benzene ring substituents is 1. The number of rotatable bonds is 5. The molecule has 1 aromatic heterocycles. The van der Waals surface area contributed by atoms with Gasteiger partial charge in [0.1, 0.15) is 5.82 Å². The second-order valence-electron chi connectivity index (χ2n) is 7.21. The molecule has 31 heavy (non-hydrogen) atoms. The van der Waals surface area contributed by atoms with Crippen molar-refractivity contribution in [3.8, 4) is 0 Å². The average Bonchev–Trinajstić information content (AvgIpc) is 3.08. The SMILES string of the molecule is O=C(c1ccc([N+](=O)[O-])cc1Cl)N1CCCN(c2nc(Cc3ccccc3)ns2)CC1. The lowest BCUT2D eigenvalue weighted by Crippen LogP contribution is -2.35. The molecule has 0 radical (unpaired) electrons. The molecule has 0 unspecified atom stereocenters. The topological polar surface area (TPSA) is 92.5 Å². The van der Waals surface area contributed by atoms with Gasteiger partial charge in [-0.15, -0.1) is 0 Å². The van der Waals surface area contributed by atoms with Crippen LogP contribution in [-0.4, -0.2) is 51.3 Å². The van der Waals surface area contributed by atoms with Crippen molar-refractivity contribution in [2.24, 2.45) is 0 Å². The quantitative estimate of drug-likeness (QED) is 0.424. The first kappa shape index (κ1) is 21.2. The van der Waals surface area contributed by atoms with E-state index in [2.05, 4.69) is 26.4 Å². The van der Waals surface area contributed by atoms with Crippen LogP contribution in [0, 0.1) is 10.1 Å². The van der Waals surface area contributed by atoms with E-state index in [-0.39, 0.29) is 22.2 Å². The summed E-state index contributed by atoms with van der Waals surface area (Å²) < 4.78 is 4.49. The Morgan fingerprint density at radius 2 is 1.94 bits per heavy atom. The van der Waals surface area contributed by atoms with E-state index in [0.29, 0.717) is 26.1 Å². The number of amides is 1. The summed E-state index contributed by atoms with van der Waals surface area (Å²) in [7, 11) is 0. The summed E-state index contributed by atoms with van der Waals surface area (Å²) in [5.74, 6) is 0.574. The summed E-state index contributed by atoms with van der Waals surface area (Å²) in [6, 6.07) is 14.0. The molecular formula is C21H20ClN5O3S. The van der Waals surface area contributed by atoms with Gasteiger partial charge in [-0.25, -0.2) is 4.98 Å². The van der Waals surface area contributed by atoms with Crippen LogP contribution in [-0.2, 0) is 6.42 Å². The largest absolute Gasteiger partial charge is 0.345 e. The van der Waals surface area contributed by atoms with Crippen LogP contribution < -0.4 is 4.90 Å². The van der Waals surface area contributed by atoms with E-state index in [1.807, 2.05) is 18.2 Å². The normalized spacial score (nSPS) is 14.4. The molecule has 1 fully saturated rings. The number of aromatic nitrogens is 2. The average molecular weight is 458 g/mol. The Morgan fingerprint density at radius 3 is 2.68 bits per heavy atom. The van der Waals surface area contributed by atoms with Crippen molar-refractivity contribution in [1.29, 1.82) is 0 Å². The van der Waals surface area contributed by atoms with Crippen LogP contribution in [0.25, 0.3) is 0 Å². The monoisotopic (exact) mass is 457 g/mol. The van der Waals surface area contributed by atoms with Gasteiger partial charge in [0.05, 0.1) is 15.5 Å². The maximum absolute atomic E-state index is 12.9. The standard InChI is InChI=1S/C21H20ClN5O3S/c22-18-14-16(27(29)30)7-8-17(18)20(28)25-9-4-10-26(12-11-25)21-23-19(24-31-21)13-15-5-2-1-3-6-15/h1-3,5-8,14H,4,9-13H2. The predicted octanol–water partition coefficient (Wildman–Crippen LogP) is 4.04. The molecule has 1 aliphatic heterocycles. The van der Waals surface area contributed by atoms with Crippen LogP contribution in [0.15, 0.2) is 48.5 Å². The maximum atomic E-state index is 12.9. The molecule has 4 rings (SSSR count). The van der Waals surface area contributed by atoms with Crippen LogP contribution in [0.2, 0.25) is 5.02 Å². The Bertz CT molecular complexity index is 1090. The summed E-state index contributed by atoms with van der Waals surface area (Å²) in [6.45, 7) is 2.51. The maximum Gasteiger partial charge on any atom is 0.270 e. The van der Waals surface area contributed by atoms with E-state index >= 15 is 0 Å². The van der Waals surface area contributed by atoms with E-state index in [1.165, 1.54) is 35.3 Å². The van der Waals surface area contributed by atoms with Crippen LogP contribution >= 0.6 is 23.1 Å². The highest BCUT2D eigenvalue weighted by Gasteiger charge is 2.24. The zero-order valence-electron chi connectivity index (χ0n) is 16.6. The molecule has 2 aromatic carbocycles. The van der Waals surface area contributed by atoms with Gasteiger partial charge in [0.25, 0.3) is 11.6 Å². The van der Waals surface area contributed by atoms with Crippen LogP contribution in [0.4, 0.5) is 10.8 Å². The van der Waals surface area contributed by atoms with Gasteiger partial charge in [0.2, 0.25) is 5.13 Å². The molecule has 0 bridgehead atoms. The highest BCUT2D eigenvalue weighted by atomic mass is 35.5. The predicted molar refractivity (Wildman–Crippen MR) is 120 cm³/mol. The van der Waals surface area contributed by atoms with Gasteiger partial charge in [-0.05, 0) is 18.1 Å². The fourth-order valence-corrected chi connectivity index (χ4v) is 4.49. The molecule has 160 valence electrons. The Hall–Kier alpha value is -3.04. The third kappa shape index (κ3) is 5.00. The van der Waals surface area contributed by atoms with Crippen molar-refractivity contribution in [3.63, 3.8) is 0 Å². The van der Waals surface area contributed by atoms with Crippen molar-refractivity contribution < 1.29 is 9.72 Å². The van der Waals surface area contributed by atoms with Crippen molar-refractivity contribution >= 4 is 39.9 Å². The molecule has 0 atom stereocenters. The molecule has 0 N–H and O–H groups in total. The Morgan fingerprint density at radius 1 is 1.13 bits per heavy atom. The first-order chi connectivity index (χ1) is 15.0. The lowest BCUT2D eigenvalue weighted by Gasteiger charge is -2.22. The lowest BCUT2D eigenvalue weighted by molar-refractivity contribution is -0.384. The number of nitro benzene ring substituents is 1. The molecule has 10 heteroatoms. The zero-order valence-corrected chi connectivity index (χ0v) is 18.2. The van der Waals surface area contributed by atoms with Gasteiger partial charge in [-0.2, -0.15) is 4.37 Å². The van der Waals surface area contributed by atoms with E-state index in [9.17, 15) is 14.9 Å². The second-order valence-corrected chi connectivity index (χ2v) is 8.35. The summed E-state index contributed by atoms with van der Waals surface area (Å²) in [5, 5.41) is 11.8. The molecule has 0 aliphatic carbocycles. The van der Waals surface area contributed by atoms with E-state index in [0.717, 1.165) is 23.9 Å². The molecule has 0 spiro atoms. The number of anilines is 1. The zero-order chi connectivity index (χ0) is 21.8. The summed E-state index contributed by atoms with van der Waals surface area (Å²) in [5.41, 5.74) is 1.31. The first-order valence-corrected chi connectivity index (χ1v) is 11.0. The Labute approximate surface area is 188 Å². The highest BCUT2D eigenvalue weighted by molar-refractivity contribution is 7.09. The minimum atomic E-state index is -0.530. The third-order valence-electron chi connectivity index (χ3n) is 5.11. The van der Waals surface area contributed by atoms with Gasteiger partial charge >= 0.3 is 0 Å². The molecule has 3 aromatic rings. The van der Waals surface area contributed by atoms with Crippen LogP contribution in [0.1, 0.15) is 28.2 Å². The molecule has 8 nitrogen and oxygen atoms in total. The number of carbonyl (C=O) groups is 1. The molecule has 1 amide bonds. The van der Waals surface area contributed by atoms with Gasteiger partial charge in [-0.1, -0.05) is 41.9 Å². The smallest absolute Gasteiger partial charge is 0.270 e. The van der Waals surface area contributed by atoms with Gasteiger partial charge in [0, 0.05) is 56.3 Å². The number of hydrogen-bond donors (Lipinski definition) is 0. The number of nitro groups is 1. The van der Waals surface area contributed by atoms with E-state index in [1.54, 1.807) is 4.90 Å². The number of carbonyl (C=O) groups excluding carboxylic acids is 1. The minimum Gasteiger partial charge on any atom is -0.345 e. The Kier molecular flexibility index (Phi) is 6.43. The molecule has 1 aliphatic rings. The van der Waals surface area contributed by atoms with Gasteiger partial charge < -0.3 is 9.80 Å². The second kappa shape index (κ2) is 9.40. The highest BCUT2D eigenvalue weighted by Crippen LogP contribution is 2.25. The summed E-state index contributed by atoms with van der Waals surface area (Å²) in [6.07, 6.45) is 1.47. The number of nitrogens with zero attached hydrogens (tertiary/aromatic N) is 5. The van der Waals surface area contributed by atoms with Crippen molar-refractivity contribution in [2.45, 2.75) is 12.8 Å². The molecule has 2 heterocycles. The summed E-state index contributed by atoms with van der Waals surface area (Å²) >= 11 is 7.52. The molecular weight excluding hydrogens is 438 g/mol. The molecule has 0 saturated carbocycles. The lowest BCUT2D eigenvalue weighted by atomic mass is 10.1. The summed E-state index contributed by atoms with van der Waals surface area (Å²) in [4.78, 5) is 31.9. The minimum absolute atomic E-state index is 0.0926. The van der Waals surface area contributed by atoms with Crippen LogP contribution in [0.3, 0.4) is 0 Å².